The van der Waals surface area contributed by atoms with Crippen LogP contribution < -0.4 is 4.90 Å². The topological polar surface area (TPSA) is 52.9 Å². The van der Waals surface area contributed by atoms with Gasteiger partial charge in [-0.05, 0) is 28.8 Å². The molecule has 0 aliphatic carbocycles. The Balaban J connectivity index is 1.64. The molecule has 0 bridgehead atoms. The number of aliphatic hydroxyl groups excluding tert-OH is 2. The maximum atomic E-state index is 9.84. The van der Waals surface area contributed by atoms with Gasteiger partial charge < -0.3 is 19.8 Å². The van der Waals surface area contributed by atoms with Crippen LogP contribution in [0.3, 0.4) is 0 Å². The molecular formula is C21H25NO3. The van der Waals surface area contributed by atoms with Crippen LogP contribution in [0.25, 0.3) is 12.2 Å². The van der Waals surface area contributed by atoms with Crippen LogP contribution in [0.2, 0.25) is 0 Å². The minimum atomic E-state index is -0.597. The molecule has 132 valence electrons. The van der Waals surface area contributed by atoms with E-state index < -0.39 is 12.2 Å². The van der Waals surface area contributed by atoms with Crippen molar-refractivity contribution >= 4 is 17.8 Å². The Morgan fingerprint density at radius 2 is 1.56 bits per heavy atom. The number of ether oxygens (including phenoxy) is 1. The van der Waals surface area contributed by atoms with Gasteiger partial charge in [-0.3, -0.25) is 0 Å². The summed E-state index contributed by atoms with van der Waals surface area (Å²) in [5.74, 6) is 0. The average molecular weight is 339 g/mol. The third-order valence-corrected chi connectivity index (χ3v) is 4.59. The van der Waals surface area contributed by atoms with E-state index in [1.54, 1.807) is 0 Å². The molecule has 2 aromatic carbocycles. The Hall–Kier alpha value is -2.14. The maximum Gasteiger partial charge on any atom is 0.107 e. The molecule has 1 saturated heterocycles. The highest BCUT2D eigenvalue weighted by Gasteiger charge is 2.33. The summed E-state index contributed by atoms with van der Waals surface area (Å²) < 4.78 is 5.69. The van der Waals surface area contributed by atoms with Crippen LogP contribution in [-0.2, 0) is 4.74 Å². The molecule has 4 heteroatoms. The van der Waals surface area contributed by atoms with Crippen LogP contribution >= 0.6 is 0 Å². The lowest BCUT2D eigenvalue weighted by molar-refractivity contribution is -0.0225. The highest BCUT2D eigenvalue weighted by Crippen LogP contribution is 2.33. The summed E-state index contributed by atoms with van der Waals surface area (Å²) in [7, 11) is 4.06. The summed E-state index contributed by atoms with van der Waals surface area (Å²) in [5, 5.41) is 19.0. The number of nitrogens with zero attached hydrogens (tertiary/aromatic N) is 1. The van der Waals surface area contributed by atoms with Crippen molar-refractivity contribution in [2.75, 3.05) is 25.6 Å². The summed E-state index contributed by atoms with van der Waals surface area (Å²) in [6.07, 6.45) is 3.47. The molecule has 3 atom stereocenters. The summed E-state index contributed by atoms with van der Waals surface area (Å²) in [6.45, 7) is -0.148. The minimum Gasteiger partial charge on any atom is -0.394 e. The fourth-order valence-corrected chi connectivity index (χ4v) is 3.01. The van der Waals surface area contributed by atoms with E-state index in [-0.39, 0.29) is 12.7 Å². The van der Waals surface area contributed by atoms with E-state index in [9.17, 15) is 10.2 Å². The Kier molecular flexibility index (Phi) is 5.53. The SMILES string of the molecule is CN(C)c1ccc(/C=C/c2ccc([C@@H]3C[C@H](O)[C@@H](CO)O3)cc2)cc1. The zero-order chi connectivity index (χ0) is 17.8. The fourth-order valence-electron chi connectivity index (χ4n) is 3.01. The van der Waals surface area contributed by atoms with Crippen molar-refractivity contribution < 1.29 is 14.9 Å². The Morgan fingerprint density at radius 1 is 1.00 bits per heavy atom. The van der Waals surface area contributed by atoms with Crippen molar-refractivity contribution in [2.24, 2.45) is 0 Å². The molecule has 0 aromatic heterocycles. The number of anilines is 1. The normalized spacial score (nSPS) is 23.3. The zero-order valence-electron chi connectivity index (χ0n) is 14.7. The second-order valence-corrected chi connectivity index (χ2v) is 6.63. The van der Waals surface area contributed by atoms with Gasteiger partial charge in [0, 0.05) is 26.2 Å². The van der Waals surface area contributed by atoms with E-state index >= 15 is 0 Å². The number of benzene rings is 2. The molecule has 0 amide bonds. The Bertz CT molecular complexity index is 707. The maximum absolute atomic E-state index is 9.84. The van der Waals surface area contributed by atoms with Crippen LogP contribution in [0, 0.1) is 0 Å². The number of aliphatic hydroxyl groups is 2. The first kappa shape index (κ1) is 17.7. The minimum absolute atomic E-state index is 0.148. The van der Waals surface area contributed by atoms with Gasteiger partial charge in [0.15, 0.2) is 0 Å². The van der Waals surface area contributed by atoms with Crippen molar-refractivity contribution in [3.8, 4) is 0 Å². The average Bonchev–Trinajstić information content (AvgIpc) is 3.01. The van der Waals surface area contributed by atoms with Crippen LogP contribution in [-0.4, -0.2) is 43.1 Å². The highest BCUT2D eigenvalue weighted by atomic mass is 16.5. The first-order chi connectivity index (χ1) is 12.1. The Labute approximate surface area is 149 Å². The number of rotatable bonds is 5. The van der Waals surface area contributed by atoms with E-state index in [4.69, 9.17) is 4.74 Å². The van der Waals surface area contributed by atoms with Crippen LogP contribution in [0.1, 0.15) is 29.2 Å². The van der Waals surface area contributed by atoms with Gasteiger partial charge in [0.25, 0.3) is 0 Å². The molecule has 1 heterocycles. The van der Waals surface area contributed by atoms with Crippen molar-refractivity contribution in [2.45, 2.75) is 24.7 Å². The molecule has 0 radical (unpaired) electrons. The molecule has 25 heavy (non-hydrogen) atoms. The van der Waals surface area contributed by atoms with E-state index in [1.165, 1.54) is 5.69 Å². The quantitative estimate of drug-likeness (QED) is 0.822. The summed E-state index contributed by atoms with van der Waals surface area (Å²) >= 11 is 0. The van der Waals surface area contributed by atoms with E-state index in [0.717, 1.165) is 16.7 Å². The second-order valence-electron chi connectivity index (χ2n) is 6.63. The largest absolute Gasteiger partial charge is 0.394 e. The molecule has 1 fully saturated rings. The third-order valence-electron chi connectivity index (χ3n) is 4.59. The summed E-state index contributed by atoms with van der Waals surface area (Å²) in [6, 6.07) is 16.5. The van der Waals surface area contributed by atoms with Crippen LogP contribution in [0.15, 0.2) is 48.5 Å². The standard InChI is InChI=1S/C21H25NO3/c1-22(2)18-11-7-16(8-12-18)4-3-15-5-9-17(10-6-15)20-13-19(24)21(14-23)25-20/h3-12,19-21,23-24H,13-14H2,1-2H3/b4-3+/t19-,20-,21+/m0/s1. The molecular weight excluding hydrogens is 314 g/mol. The molecule has 2 N–H and O–H groups in total. The molecule has 0 saturated carbocycles. The molecule has 1 aliphatic heterocycles. The predicted octanol–water partition coefficient (Wildman–Crippen LogP) is 3.11. The molecule has 4 nitrogen and oxygen atoms in total. The predicted molar refractivity (Wildman–Crippen MR) is 101 cm³/mol. The third kappa shape index (κ3) is 4.28. The van der Waals surface area contributed by atoms with Crippen molar-refractivity contribution in [1.29, 1.82) is 0 Å². The Morgan fingerprint density at radius 3 is 2.04 bits per heavy atom. The lowest BCUT2D eigenvalue weighted by atomic mass is 10.0. The lowest BCUT2D eigenvalue weighted by Gasteiger charge is -2.12. The van der Waals surface area contributed by atoms with Gasteiger partial charge in [-0.2, -0.15) is 0 Å². The van der Waals surface area contributed by atoms with Crippen molar-refractivity contribution in [3.63, 3.8) is 0 Å². The first-order valence-corrected chi connectivity index (χ1v) is 8.56. The lowest BCUT2D eigenvalue weighted by Crippen LogP contribution is -2.24. The molecule has 3 rings (SSSR count). The van der Waals surface area contributed by atoms with E-state index in [2.05, 4.69) is 41.3 Å². The monoisotopic (exact) mass is 339 g/mol. The summed E-state index contributed by atoms with van der Waals surface area (Å²) in [5.41, 5.74) is 4.48. The first-order valence-electron chi connectivity index (χ1n) is 8.56. The molecule has 0 spiro atoms. The smallest absolute Gasteiger partial charge is 0.107 e. The van der Waals surface area contributed by atoms with Gasteiger partial charge in [0.05, 0.1) is 18.8 Å². The van der Waals surface area contributed by atoms with Gasteiger partial charge in [0.2, 0.25) is 0 Å². The zero-order valence-corrected chi connectivity index (χ0v) is 14.7. The van der Waals surface area contributed by atoms with Gasteiger partial charge in [0.1, 0.15) is 6.10 Å². The number of hydrogen-bond donors (Lipinski definition) is 2. The molecule has 0 unspecified atom stereocenters. The van der Waals surface area contributed by atoms with Crippen LogP contribution in [0.4, 0.5) is 5.69 Å². The van der Waals surface area contributed by atoms with E-state index in [0.29, 0.717) is 6.42 Å². The number of hydrogen-bond acceptors (Lipinski definition) is 4. The highest BCUT2D eigenvalue weighted by molar-refractivity contribution is 5.70. The van der Waals surface area contributed by atoms with Gasteiger partial charge in [-0.1, -0.05) is 48.6 Å². The van der Waals surface area contributed by atoms with E-state index in [1.807, 2.05) is 38.4 Å². The fraction of sp³-hybridized carbons (Fsp3) is 0.333. The van der Waals surface area contributed by atoms with Crippen molar-refractivity contribution in [3.05, 3.63) is 65.2 Å². The van der Waals surface area contributed by atoms with Gasteiger partial charge in [-0.15, -0.1) is 0 Å². The second kappa shape index (κ2) is 7.83. The van der Waals surface area contributed by atoms with Gasteiger partial charge in [-0.25, -0.2) is 0 Å². The van der Waals surface area contributed by atoms with Crippen molar-refractivity contribution in [1.82, 2.24) is 0 Å². The van der Waals surface area contributed by atoms with Gasteiger partial charge >= 0.3 is 0 Å². The molecule has 2 aromatic rings. The van der Waals surface area contributed by atoms with Crippen LogP contribution in [0.5, 0.6) is 0 Å². The summed E-state index contributed by atoms with van der Waals surface area (Å²) in [4.78, 5) is 2.08. The molecule has 1 aliphatic rings.